The quantitative estimate of drug-likeness (QED) is 0.696. The number of nitrogens with one attached hydrogen (secondary N) is 2. The monoisotopic (exact) mass is 368 g/mol. The number of aryl methyl sites for hydroxylation is 1. The Kier molecular flexibility index (Phi) is 5.34. The average Bonchev–Trinajstić information content (AvgIpc) is 2.65. The summed E-state index contributed by atoms with van der Waals surface area (Å²) in [6.07, 6.45) is 2.90. The molecule has 3 aromatic rings. The fourth-order valence-electron chi connectivity index (χ4n) is 2.22. The first kappa shape index (κ1) is 17.7. The van der Waals surface area contributed by atoms with Crippen LogP contribution in [0.3, 0.4) is 0 Å². The van der Waals surface area contributed by atoms with Crippen LogP contribution in [-0.2, 0) is 0 Å². The zero-order valence-electron chi connectivity index (χ0n) is 14.3. The minimum atomic E-state index is -0.351. The van der Waals surface area contributed by atoms with E-state index < -0.39 is 0 Å². The number of rotatable bonds is 5. The van der Waals surface area contributed by atoms with Gasteiger partial charge in [0.15, 0.2) is 0 Å². The van der Waals surface area contributed by atoms with Gasteiger partial charge in [-0.1, -0.05) is 23.7 Å². The molecule has 0 atom stereocenters. The lowest BCUT2D eigenvalue weighted by Crippen LogP contribution is -2.14. The van der Waals surface area contributed by atoms with E-state index >= 15 is 0 Å². The number of ether oxygens (including phenoxy) is 1. The van der Waals surface area contributed by atoms with Crippen LogP contribution in [0.1, 0.15) is 16.1 Å². The SMILES string of the molecule is COc1cccc(NC(=O)c2cnc(Nc3ccc(C)c(Cl)c3)cn2)c1. The normalized spacial score (nSPS) is 10.3. The first-order valence-electron chi connectivity index (χ1n) is 7.86. The number of nitrogens with zero attached hydrogens (tertiary/aromatic N) is 2. The highest BCUT2D eigenvalue weighted by molar-refractivity contribution is 6.31. The summed E-state index contributed by atoms with van der Waals surface area (Å²) < 4.78 is 5.13. The Bertz CT molecular complexity index is 929. The maximum atomic E-state index is 12.3. The molecule has 26 heavy (non-hydrogen) atoms. The molecule has 2 N–H and O–H groups in total. The van der Waals surface area contributed by atoms with E-state index in [-0.39, 0.29) is 11.6 Å². The van der Waals surface area contributed by atoms with E-state index in [9.17, 15) is 4.79 Å². The molecule has 0 aliphatic rings. The molecular weight excluding hydrogens is 352 g/mol. The second-order valence-corrected chi connectivity index (χ2v) is 5.97. The van der Waals surface area contributed by atoms with Crippen molar-refractivity contribution in [1.82, 2.24) is 9.97 Å². The Morgan fingerprint density at radius 1 is 1.08 bits per heavy atom. The third kappa shape index (κ3) is 4.29. The van der Waals surface area contributed by atoms with E-state index in [0.717, 1.165) is 11.3 Å². The number of anilines is 3. The summed E-state index contributed by atoms with van der Waals surface area (Å²) in [5.74, 6) is 0.823. The molecule has 0 fully saturated rings. The molecule has 0 saturated carbocycles. The maximum Gasteiger partial charge on any atom is 0.275 e. The van der Waals surface area contributed by atoms with E-state index in [4.69, 9.17) is 16.3 Å². The molecule has 0 radical (unpaired) electrons. The van der Waals surface area contributed by atoms with Crippen LogP contribution >= 0.6 is 11.6 Å². The molecule has 2 aromatic carbocycles. The highest BCUT2D eigenvalue weighted by atomic mass is 35.5. The van der Waals surface area contributed by atoms with Gasteiger partial charge in [0.2, 0.25) is 0 Å². The first-order chi connectivity index (χ1) is 12.5. The highest BCUT2D eigenvalue weighted by Crippen LogP contribution is 2.22. The van der Waals surface area contributed by atoms with Gasteiger partial charge in [0.1, 0.15) is 17.3 Å². The predicted molar refractivity (Wildman–Crippen MR) is 102 cm³/mol. The van der Waals surface area contributed by atoms with Gasteiger partial charge in [0.25, 0.3) is 5.91 Å². The third-order valence-electron chi connectivity index (χ3n) is 3.66. The highest BCUT2D eigenvalue weighted by Gasteiger charge is 2.09. The fraction of sp³-hybridized carbons (Fsp3) is 0.105. The molecule has 0 spiro atoms. The Balaban J connectivity index is 1.68. The summed E-state index contributed by atoms with van der Waals surface area (Å²) in [5.41, 5.74) is 2.62. The van der Waals surface area contributed by atoms with Crippen LogP contribution in [0.25, 0.3) is 0 Å². The van der Waals surface area contributed by atoms with Gasteiger partial charge in [0, 0.05) is 22.5 Å². The van der Waals surface area contributed by atoms with Crippen molar-refractivity contribution in [1.29, 1.82) is 0 Å². The number of carbonyl (C=O) groups is 1. The van der Waals surface area contributed by atoms with Crippen LogP contribution in [0.4, 0.5) is 17.2 Å². The summed E-state index contributed by atoms with van der Waals surface area (Å²) >= 11 is 6.11. The van der Waals surface area contributed by atoms with Gasteiger partial charge in [-0.05, 0) is 36.8 Å². The number of methoxy groups -OCH3 is 1. The molecule has 0 aliphatic carbocycles. The van der Waals surface area contributed by atoms with Gasteiger partial charge in [-0.2, -0.15) is 0 Å². The van der Waals surface area contributed by atoms with E-state index in [1.165, 1.54) is 12.4 Å². The standard InChI is InChI=1S/C19H17ClN4O2/c1-12-6-7-14(9-16(12)20)23-18-11-21-17(10-22-18)19(25)24-13-4-3-5-15(8-13)26-2/h3-11H,1-2H3,(H,22,23)(H,24,25). The summed E-state index contributed by atoms with van der Waals surface area (Å²) in [7, 11) is 1.57. The maximum absolute atomic E-state index is 12.3. The van der Waals surface area contributed by atoms with E-state index in [2.05, 4.69) is 20.6 Å². The minimum absolute atomic E-state index is 0.209. The molecule has 0 aliphatic heterocycles. The van der Waals surface area contributed by atoms with Crippen molar-refractivity contribution in [2.45, 2.75) is 6.92 Å². The van der Waals surface area contributed by atoms with Crippen LogP contribution in [0.15, 0.2) is 54.9 Å². The summed E-state index contributed by atoms with van der Waals surface area (Å²) in [6.45, 7) is 1.93. The molecule has 0 saturated heterocycles. The molecule has 7 heteroatoms. The molecule has 3 rings (SSSR count). The largest absolute Gasteiger partial charge is 0.497 e. The van der Waals surface area contributed by atoms with Gasteiger partial charge < -0.3 is 15.4 Å². The van der Waals surface area contributed by atoms with Crippen LogP contribution in [-0.4, -0.2) is 23.0 Å². The lowest BCUT2D eigenvalue weighted by Gasteiger charge is -2.08. The van der Waals surface area contributed by atoms with Crippen LogP contribution in [0.5, 0.6) is 5.75 Å². The van der Waals surface area contributed by atoms with Gasteiger partial charge in [-0.15, -0.1) is 0 Å². The van der Waals surface area contributed by atoms with Crippen LogP contribution < -0.4 is 15.4 Å². The number of amides is 1. The second kappa shape index (κ2) is 7.84. The smallest absolute Gasteiger partial charge is 0.275 e. The molecule has 0 unspecified atom stereocenters. The zero-order valence-corrected chi connectivity index (χ0v) is 15.0. The van der Waals surface area contributed by atoms with Gasteiger partial charge in [0.05, 0.1) is 19.5 Å². The predicted octanol–water partition coefficient (Wildman–Crippen LogP) is 4.44. The van der Waals surface area contributed by atoms with Crippen LogP contribution in [0, 0.1) is 6.92 Å². The summed E-state index contributed by atoms with van der Waals surface area (Å²) in [6, 6.07) is 12.7. The zero-order chi connectivity index (χ0) is 18.5. The molecule has 132 valence electrons. The fourth-order valence-corrected chi connectivity index (χ4v) is 2.40. The van der Waals surface area contributed by atoms with Crippen molar-refractivity contribution in [3.8, 4) is 5.75 Å². The van der Waals surface area contributed by atoms with Crippen molar-refractivity contribution in [3.05, 3.63) is 71.1 Å². The molecule has 1 amide bonds. The molecule has 1 aromatic heterocycles. The summed E-state index contributed by atoms with van der Waals surface area (Å²) in [4.78, 5) is 20.6. The van der Waals surface area contributed by atoms with Gasteiger partial charge in [-0.3, -0.25) is 4.79 Å². The number of hydrogen-bond donors (Lipinski definition) is 2. The molecule has 1 heterocycles. The number of hydrogen-bond acceptors (Lipinski definition) is 5. The minimum Gasteiger partial charge on any atom is -0.497 e. The van der Waals surface area contributed by atoms with E-state index in [1.54, 1.807) is 31.4 Å². The Morgan fingerprint density at radius 3 is 2.62 bits per heavy atom. The number of carbonyl (C=O) groups excluding carboxylic acids is 1. The van der Waals surface area contributed by atoms with Crippen LogP contribution in [0.2, 0.25) is 5.02 Å². The van der Waals surface area contributed by atoms with Gasteiger partial charge in [-0.25, -0.2) is 9.97 Å². The lowest BCUT2D eigenvalue weighted by atomic mass is 10.2. The first-order valence-corrected chi connectivity index (χ1v) is 8.23. The lowest BCUT2D eigenvalue weighted by molar-refractivity contribution is 0.102. The second-order valence-electron chi connectivity index (χ2n) is 5.56. The van der Waals surface area contributed by atoms with Crippen molar-refractivity contribution >= 4 is 34.7 Å². The molecular formula is C19H17ClN4O2. The number of aromatic nitrogens is 2. The van der Waals surface area contributed by atoms with Crippen molar-refractivity contribution in [2.75, 3.05) is 17.7 Å². The van der Waals surface area contributed by atoms with Crippen molar-refractivity contribution in [3.63, 3.8) is 0 Å². The third-order valence-corrected chi connectivity index (χ3v) is 4.06. The molecule has 0 bridgehead atoms. The van der Waals surface area contributed by atoms with E-state index in [0.29, 0.717) is 22.3 Å². The van der Waals surface area contributed by atoms with E-state index in [1.807, 2.05) is 25.1 Å². The summed E-state index contributed by atoms with van der Waals surface area (Å²) in [5, 5.41) is 6.52. The van der Waals surface area contributed by atoms with Crippen molar-refractivity contribution in [2.24, 2.45) is 0 Å². The Hall–Kier alpha value is -3.12. The molecule has 6 nitrogen and oxygen atoms in total. The Morgan fingerprint density at radius 2 is 1.92 bits per heavy atom. The average molecular weight is 369 g/mol. The topological polar surface area (TPSA) is 76.1 Å². The van der Waals surface area contributed by atoms with Gasteiger partial charge >= 0.3 is 0 Å². The van der Waals surface area contributed by atoms with Crippen molar-refractivity contribution < 1.29 is 9.53 Å². The Labute approximate surface area is 156 Å². The number of benzene rings is 2. The number of halogens is 1.